The molecule has 5 nitrogen and oxygen atoms in total. The Bertz CT molecular complexity index is 529. The smallest absolute Gasteiger partial charge is 0.333 e. The maximum absolute atomic E-state index is 12.9. The van der Waals surface area contributed by atoms with Crippen LogP contribution < -0.4 is 0 Å². The van der Waals surface area contributed by atoms with Crippen molar-refractivity contribution in [3.8, 4) is 0 Å². The lowest BCUT2D eigenvalue weighted by Crippen LogP contribution is -2.64. The highest BCUT2D eigenvalue weighted by Crippen LogP contribution is 2.57. The van der Waals surface area contributed by atoms with Crippen molar-refractivity contribution >= 4 is 11.8 Å². The van der Waals surface area contributed by atoms with Crippen molar-refractivity contribution in [2.45, 2.75) is 26.1 Å². The molecule has 3 aliphatic rings. The van der Waals surface area contributed by atoms with E-state index in [1.54, 1.807) is 6.08 Å². The molecule has 1 saturated carbocycles. The number of carbonyl (C=O) groups is 2. The Hall–Kier alpha value is -1.46. The number of rotatable bonds is 4. The monoisotopic (exact) mass is 294 g/mol. The van der Waals surface area contributed by atoms with E-state index < -0.39 is 29.0 Å². The minimum atomic E-state index is -1.42. The number of esters is 1. The van der Waals surface area contributed by atoms with Gasteiger partial charge >= 0.3 is 5.97 Å². The number of hydrogen-bond acceptors (Lipinski definition) is 5. The predicted molar refractivity (Wildman–Crippen MR) is 76.4 cm³/mol. The molecule has 0 aromatic carbocycles. The van der Waals surface area contributed by atoms with Crippen LogP contribution in [0.1, 0.15) is 20.3 Å². The summed E-state index contributed by atoms with van der Waals surface area (Å²) in [6, 6.07) is 0. The fraction of sp³-hybridized carbons (Fsp3) is 0.625. The summed E-state index contributed by atoms with van der Waals surface area (Å²) in [5.41, 5.74) is 0.955. The molecule has 0 N–H and O–H groups in total. The quantitative estimate of drug-likeness (QED) is 0.450. The zero-order chi connectivity index (χ0) is 16.0. The third-order valence-corrected chi connectivity index (χ3v) is 5.12. The van der Waals surface area contributed by atoms with Crippen molar-refractivity contribution in [3.05, 3.63) is 23.8 Å². The van der Waals surface area contributed by atoms with Gasteiger partial charge in [0, 0.05) is 25.2 Å². The average molecular weight is 294 g/mol. The van der Waals surface area contributed by atoms with Crippen LogP contribution in [0, 0.1) is 17.3 Å². The molecule has 0 aliphatic heterocycles. The number of Topliss-reactive ketones (excluding diaryl/α,β-unsaturated/α-hetero) is 1. The van der Waals surface area contributed by atoms with Crippen LogP contribution in [0.3, 0.4) is 0 Å². The summed E-state index contributed by atoms with van der Waals surface area (Å²) in [7, 11) is 4.18. The first kappa shape index (κ1) is 15.9. The van der Waals surface area contributed by atoms with Crippen LogP contribution in [-0.4, -0.2) is 38.9 Å². The van der Waals surface area contributed by atoms with E-state index in [0.717, 1.165) is 5.57 Å². The van der Waals surface area contributed by atoms with Gasteiger partial charge in [-0.1, -0.05) is 25.2 Å². The van der Waals surface area contributed by atoms with E-state index in [-0.39, 0.29) is 5.78 Å². The number of fused-ring (bicyclic) bond motifs is 2. The Morgan fingerprint density at radius 3 is 2.33 bits per heavy atom. The van der Waals surface area contributed by atoms with Gasteiger partial charge < -0.3 is 14.2 Å². The van der Waals surface area contributed by atoms with E-state index in [1.807, 2.05) is 13.8 Å². The Morgan fingerprint density at radius 1 is 1.33 bits per heavy atom. The normalized spacial score (nSPS) is 33.6. The lowest BCUT2D eigenvalue weighted by atomic mass is 9.52. The molecular formula is C16H22O5. The fourth-order valence-electron chi connectivity index (χ4n) is 3.57. The number of methoxy groups -OCH3 is 3. The number of hydrogen-bond donors (Lipinski definition) is 0. The molecule has 0 heterocycles. The van der Waals surface area contributed by atoms with Crippen molar-refractivity contribution in [2.24, 2.45) is 17.3 Å². The molecular weight excluding hydrogens is 272 g/mol. The molecule has 0 aromatic heterocycles. The third-order valence-electron chi connectivity index (χ3n) is 5.12. The van der Waals surface area contributed by atoms with Crippen LogP contribution in [0.5, 0.6) is 0 Å². The van der Waals surface area contributed by atoms with E-state index in [9.17, 15) is 9.59 Å². The first-order valence-electron chi connectivity index (χ1n) is 6.89. The van der Waals surface area contributed by atoms with E-state index in [0.29, 0.717) is 12.0 Å². The number of allylic oxidation sites excluding steroid dienone is 2. The summed E-state index contributed by atoms with van der Waals surface area (Å²) in [4.78, 5) is 24.9. The van der Waals surface area contributed by atoms with Crippen LogP contribution >= 0.6 is 0 Å². The predicted octanol–water partition coefficient (Wildman–Crippen LogP) is 1.88. The third kappa shape index (κ3) is 1.91. The van der Waals surface area contributed by atoms with Crippen molar-refractivity contribution < 1.29 is 23.8 Å². The molecule has 0 radical (unpaired) electrons. The van der Waals surface area contributed by atoms with Gasteiger partial charge in [0.1, 0.15) is 0 Å². The first-order chi connectivity index (χ1) is 9.78. The SMILES string of the molecule is C=C(C)[C@]1(C)C[C@@H]2C(C(=O)OC)=C[C@H]1C(=O)C2(OC)OC. The highest BCUT2D eigenvalue weighted by Gasteiger charge is 2.64. The summed E-state index contributed by atoms with van der Waals surface area (Å²) < 4.78 is 15.7. The zero-order valence-electron chi connectivity index (χ0n) is 13.2. The summed E-state index contributed by atoms with van der Waals surface area (Å²) in [5, 5.41) is 0. The van der Waals surface area contributed by atoms with Gasteiger partial charge in [-0.2, -0.15) is 0 Å². The van der Waals surface area contributed by atoms with Crippen molar-refractivity contribution in [3.63, 3.8) is 0 Å². The molecule has 0 spiro atoms. The minimum Gasteiger partial charge on any atom is -0.466 e. The Kier molecular flexibility index (Phi) is 3.84. The standard InChI is InChI=1S/C16H22O5/c1-9(2)15(3)8-12-10(14(18)19-4)7-11(15)13(17)16(12,20-5)21-6/h7,11-12H,1,8H2,2-6H3/t11-,12+,15-/m0/s1. The van der Waals surface area contributed by atoms with E-state index >= 15 is 0 Å². The number of carbonyl (C=O) groups excluding carboxylic acids is 2. The maximum atomic E-state index is 12.9. The van der Waals surface area contributed by atoms with Gasteiger partial charge in [0.05, 0.1) is 18.9 Å². The summed E-state index contributed by atoms with van der Waals surface area (Å²) in [6.07, 6.45) is 2.26. The lowest BCUT2D eigenvalue weighted by Gasteiger charge is -2.54. The van der Waals surface area contributed by atoms with Gasteiger partial charge in [0.2, 0.25) is 5.79 Å². The molecule has 3 rings (SSSR count). The van der Waals surface area contributed by atoms with Crippen molar-refractivity contribution in [1.29, 1.82) is 0 Å². The summed E-state index contributed by atoms with van der Waals surface area (Å²) in [5.74, 6) is -3.03. The van der Waals surface area contributed by atoms with E-state index in [1.165, 1.54) is 21.3 Å². The highest BCUT2D eigenvalue weighted by atomic mass is 16.7. The fourth-order valence-corrected chi connectivity index (χ4v) is 3.57. The first-order valence-corrected chi connectivity index (χ1v) is 6.89. The second-order valence-corrected chi connectivity index (χ2v) is 5.99. The lowest BCUT2D eigenvalue weighted by molar-refractivity contribution is -0.246. The molecule has 3 atom stereocenters. The molecule has 0 unspecified atom stereocenters. The van der Waals surface area contributed by atoms with Crippen LogP contribution in [0.4, 0.5) is 0 Å². The summed E-state index contributed by atoms with van der Waals surface area (Å²) in [6.45, 7) is 7.91. The van der Waals surface area contributed by atoms with E-state index in [2.05, 4.69) is 6.58 Å². The van der Waals surface area contributed by atoms with Crippen LogP contribution in [0.2, 0.25) is 0 Å². The van der Waals surface area contributed by atoms with Gasteiger partial charge in [-0.15, -0.1) is 0 Å². The summed E-state index contributed by atoms with van der Waals surface area (Å²) >= 11 is 0. The van der Waals surface area contributed by atoms with Crippen molar-refractivity contribution in [2.75, 3.05) is 21.3 Å². The molecule has 0 amide bonds. The van der Waals surface area contributed by atoms with Gasteiger partial charge in [-0.3, -0.25) is 4.79 Å². The van der Waals surface area contributed by atoms with Gasteiger partial charge in [0.25, 0.3) is 0 Å². The van der Waals surface area contributed by atoms with Crippen LogP contribution in [0.15, 0.2) is 23.8 Å². The van der Waals surface area contributed by atoms with Gasteiger partial charge in [-0.25, -0.2) is 4.79 Å². The Balaban J connectivity index is 2.62. The van der Waals surface area contributed by atoms with Crippen molar-refractivity contribution in [1.82, 2.24) is 0 Å². The van der Waals surface area contributed by atoms with Crippen LogP contribution in [0.25, 0.3) is 0 Å². The maximum Gasteiger partial charge on any atom is 0.333 e. The molecule has 0 saturated heterocycles. The second-order valence-electron chi connectivity index (χ2n) is 5.99. The molecule has 0 aromatic rings. The molecule has 3 aliphatic carbocycles. The Morgan fingerprint density at radius 2 is 1.90 bits per heavy atom. The zero-order valence-corrected chi connectivity index (χ0v) is 13.2. The molecule has 5 heteroatoms. The minimum absolute atomic E-state index is 0.165. The van der Waals surface area contributed by atoms with E-state index in [4.69, 9.17) is 14.2 Å². The van der Waals surface area contributed by atoms with Gasteiger partial charge in [0.15, 0.2) is 5.78 Å². The highest BCUT2D eigenvalue weighted by molar-refractivity contribution is 6.00. The molecule has 116 valence electrons. The Labute approximate surface area is 124 Å². The molecule has 2 bridgehead atoms. The molecule has 21 heavy (non-hydrogen) atoms. The number of ketones is 1. The largest absolute Gasteiger partial charge is 0.466 e. The average Bonchev–Trinajstić information content (AvgIpc) is 2.47. The van der Waals surface area contributed by atoms with Gasteiger partial charge in [-0.05, 0) is 13.3 Å². The molecule has 1 fully saturated rings. The topological polar surface area (TPSA) is 61.8 Å². The number of ether oxygens (including phenoxy) is 3. The second kappa shape index (κ2) is 5.07. The van der Waals surface area contributed by atoms with Crippen LogP contribution in [-0.2, 0) is 23.8 Å².